The number of amides is 1. The summed E-state index contributed by atoms with van der Waals surface area (Å²) in [6.07, 6.45) is -4.24. The van der Waals surface area contributed by atoms with Crippen LogP contribution in [0.2, 0.25) is 0 Å². The van der Waals surface area contributed by atoms with E-state index in [0.29, 0.717) is 12.5 Å². The molecule has 0 aromatic heterocycles. The number of ether oxygens (including phenoxy) is 1. The number of carbonyl (C=O) groups excluding carboxylic acids is 2. The summed E-state index contributed by atoms with van der Waals surface area (Å²) in [5, 5.41) is 12.5. The van der Waals surface area contributed by atoms with Gasteiger partial charge >= 0.3 is 12.1 Å². The predicted molar refractivity (Wildman–Crippen MR) is 75.0 cm³/mol. The molecule has 0 radical (unpaired) electrons. The van der Waals surface area contributed by atoms with Gasteiger partial charge in [0.1, 0.15) is 0 Å². The summed E-state index contributed by atoms with van der Waals surface area (Å²) >= 11 is 0. The number of hydrogen-bond donors (Lipinski definition) is 1. The van der Waals surface area contributed by atoms with E-state index in [1.165, 1.54) is 0 Å². The number of hydrogen-bond acceptors (Lipinski definition) is 5. The maximum Gasteiger partial charge on any atom is 0.418 e. The van der Waals surface area contributed by atoms with E-state index in [9.17, 15) is 32.9 Å². The Morgan fingerprint density at radius 1 is 1.42 bits per heavy atom. The molecule has 0 heterocycles. The highest BCUT2D eigenvalue weighted by Crippen LogP contribution is 2.39. The molecule has 1 aliphatic carbocycles. The summed E-state index contributed by atoms with van der Waals surface area (Å²) in [5.74, 6) is -1.64. The van der Waals surface area contributed by atoms with Crippen LogP contribution in [0.4, 0.5) is 24.5 Å². The second-order valence-electron chi connectivity index (χ2n) is 5.46. The first-order valence-electron chi connectivity index (χ1n) is 6.91. The Hall–Kier alpha value is -2.65. The number of rotatable bonds is 5. The molecule has 7 nitrogen and oxygen atoms in total. The van der Waals surface area contributed by atoms with Crippen molar-refractivity contribution in [3.63, 3.8) is 0 Å². The third kappa shape index (κ3) is 4.21. The van der Waals surface area contributed by atoms with Gasteiger partial charge in [-0.05, 0) is 18.4 Å². The molecule has 1 fully saturated rings. The minimum Gasteiger partial charge on any atom is -0.455 e. The smallest absolute Gasteiger partial charge is 0.418 e. The lowest BCUT2D eigenvalue weighted by molar-refractivity contribution is -0.385. The van der Waals surface area contributed by atoms with Gasteiger partial charge in [-0.25, -0.2) is 0 Å². The quantitative estimate of drug-likeness (QED) is 0.502. The highest BCUT2D eigenvalue weighted by Gasteiger charge is 2.41. The van der Waals surface area contributed by atoms with Crippen molar-refractivity contribution < 1.29 is 32.4 Å². The number of benzene rings is 1. The Labute approximate surface area is 133 Å². The standard InChI is InChI=1S/C14H13F3N2O5/c1-7-4-9(7)13(21)24-6-12(20)18-11-3-2-8(19(22)23)5-10(11)14(15,16)17/h2-3,5,7,9H,4,6H2,1H3,(H,18,20)/t7-,9+/m1/s1. The highest BCUT2D eigenvalue weighted by molar-refractivity contribution is 5.94. The normalized spacial score (nSPS) is 19.5. The van der Waals surface area contributed by atoms with Crippen LogP contribution in [0.25, 0.3) is 0 Å². The third-order valence-corrected chi connectivity index (χ3v) is 3.55. The van der Waals surface area contributed by atoms with Gasteiger partial charge in [0.25, 0.3) is 11.6 Å². The number of nitro benzene ring substituents is 1. The van der Waals surface area contributed by atoms with Crippen molar-refractivity contribution in [2.24, 2.45) is 11.8 Å². The average Bonchev–Trinajstić information content (AvgIpc) is 3.21. The predicted octanol–water partition coefficient (Wildman–Crippen LogP) is 2.75. The van der Waals surface area contributed by atoms with Crippen LogP contribution in [0.15, 0.2) is 18.2 Å². The van der Waals surface area contributed by atoms with Crippen LogP contribution >= 0.6 is 0 Å². The van der Waals surface area contributed by atoms with Crippen LogP contribution < -0.4 is 5.32 Å². The zero-order valence-corrected chi connectivity index (χ0v) is 12.4. The van der Waals surface area contributed by atoms with Crippen LogP contribution in [0.5, 0.6) is 0 Å². The molecule has 0 unspecified atom stereocenters. The molecule has 1 N–H and O–H groups in total. The van der Waals surface area contributed by atoms with Gasteiger partial charge in [-0.1, -0.05) is 6.92 Å². The number of alkyl halides is 3. The minimum absolute atomic E-state index is 0.173. The monoisotopic (exact) mass is 346 g/mol. The number of carbonyl (C=O) groups is 2. The van der Waals surface area contributed by atoms with Crippen molar-refractivity contribution in [1.29, 1.82) is 0 Å². The second kappa shape index (κ2) is 6.46. The first-order chi connectivity index (χ1) is 11.1. The molecule has 0 aliphatic heterocycles. The lowest BCUT2D eigenvalue weighted by Crippen LogP contribution is -2.23. The van der Waals surface area contributed by atoms with Crippen molar-refractivity contribution >= 4 is 23.3 Å². The Balaban J connectivity index is 2.06. The zero-order valence-electron chi connectivity index (χ0n) is 12.4. The number of non-ortho nitro benzene ring substituents is 1. The summed E-state index contributed by atoms with van der Waals surface area (Å²) in [4.78, 5) is 32.7. The summed E-state index contributed by atoms with van der Waals surface area (Å²) in [7, 11) is 0. The number of nitrogens with zero attached hydrogens (tertiary/aromatic N) is 1. The van der Waals surface area contributed by atoms with E-state index < -0.39 is 46.5 Å². The SMILES string of the molecule is C[C@@H]1C[C@@H]1C(=O)OCC(=O)Nc1ccc([N+](=O)[O-])cc1C(F)(F)F. The summed E-state index contributed by atoms with van der Waals surface area (Å²) in [6, 6.07) is 1.94. The van der Waals surface area contributed by atoms with E-state index in [0.717, 1.165) is 12.1 Å². The van der Waals surface area contributed by atoms with E-state index in [2.05, 4.69) is 0 Å². The molecule has 24 heavy (non-hydrogen) atoms. The molecule has 1 saturated carbocycles. The molecule has 1 amide bonds. The maximum atomic E-state index is 13.0. The van der Waals surface area contributed by atoms with Crippen molar-refractivity contribution in [2.45, 2.75) is 19.5 Å². The van der Waals surface area contributed by atoms with E-state index in [-0.39, 0.29) is 11.8 Å². The molecule has 0 bridgehead atoms. The molecule has 2 atom stereocenters. The van der Waals surface area contributed by atoms with Gasteiger partial charge < -0.3 is 10.1 Å². The van der Waals surface area contributed by atoms with Gasteiger partial charge in [0.05, 0.1) is 22.1 Å². The molecule has 130 valence electrons. The summed E-state index contributed by atoms with van der Waals surface area (Å²) in [5.41, 5.74) is -2.75. The number of halogens is 3. The van der Waals surface area contributed by atoms with Crippen molar-refractivity contribution in [3.8, 4) is 0 Å². The number of nitrogens with one attached hydrogen (secondary N) is 1. The van der Waals surface area contributed by atoms with E-state index in [4.69, 9.17) is 4.74 Å². The van der Waals surface area contributed by atoms with E-state index >= 15 is 0 Å². The van der Waals surface area contributed by atoms with Crippen molar-refractivity contribution in [2.75, 3.05) is 11.9 Å². The molecule has 1 aliphatic rings. The molecule has 0 saturated heterocycles. The van der Waals surface area contributed by atoms with Gasteiger partial charge in [-0.3, -0.25) is 19.7 Å². The molecule has 0 spiro atoms. The van der Waals surface area contributed by atoms with E-state index in [1.54, 1.807) is 0 Å². The largest absolute Gasteiger partial charge is 0.455 e. The fraction of sp³-hybridized carbons (Fsp3) is 0.429. The molecule has 1 aromatic carbocycles. The first kappa shape index (κ1) is 17.7. The first-order valence-corrected chi connectivity index (χ1v) is 6.91. The molecule has 10 heteroatoms. The number of anilines is 1. The number of esters is 1. The van der Waals surface area contributed by atoms with Gasteiger partial charge in [0.15, 0.2) is 6.61 Å². The topological polar surface area (TPSA) is 98.5 Å². The third-order valence-electron chi connectivity index (χ3n) is 3.55. The van der Waals surface area contributed by atoms with Gasteiger partial charge in [0, 0.05) is 12.1 Å². The Kier molecular flexibility index (Phi) is 4.76. The van der Waals surface area contributed by atoms with E-state index in [1.807, 2.05) is 12.2 Å². The van der Waals surface area contributed by atoms with Gasteiger partial charge in [-0.2, -0.15) is 13.2 Å². The fourth-order valence-corrected chi connectivity index (χ4v) is 2.07. The van der Waals surface area contributed by atoms with Crippen LogP contribution in [0.1, 0.15) is 18.9 Å². The van der Waals surface area contributed by atoms with Crippen LogP contribution in [-0.4, -0.2) is 23.4 Å². The molecular weight excluding hydrogens is 333 g/mol. The maximum absolute atomic E-state index is 13.0. The van der Waals surface area contributed by atoms with Crippen LogP contribution in [0.3, 0.4) is 0 Å². The average molecular weight is 346 g/mol. The summed E-state index contributed by atoms with van der Waals surface area (Å²) in [6.45, 7) is 1.11. The summed E-state index contributed by atoms with van der Waals surface area (Å²) < 4.78 is 43.6. The Bertz CT molecular complexity index is 689. The zero-order chi connectivity index (χ0) is 18.1. The minimum atomic E-state index is -4.89. The molecule has 1 aromatic rings. The Morgan fingerprint density at radius 3 is 2.54 bits per heavy atom. The fourth-order valence-electron chi connectivity index (χ4n) is 2.07. The highest BCUT2D eigenvalue weighted by atomic mass is 19.4. The second-order valence-corrected chi connectivity index (χ2v) is 5.46. The molecule has 2 rings (SSSR count). The van der Waals surface area contributed by atoms with Crippen molar-refractivity contribution in [3.05, 3.63) is 33.9 Å². The van der Waals surface area contributed by atoms with Crippen LogP contribution in [-0.2, 0) is 20.5 Å². The van der Waals surface area contributed by atoms with Crippen molar-refractivity contribution in [1.82, 2.24) is 0 Å². The Morgan fingerprint density at radius 2 is 2.04 bits per heavy atom. The van der Waals surface area contributed by atoms with Crippen LogP contribution in [0, 0.1) is 22.0 Å². The molecular formula is C14H13F3N2O5. The lowest BCUT2D eigenvalue weighted by Gasteiger charge is -2.13. The number of nitro groups is 1. The van der Waals surface area contributed by atoms with Gasteiger partial charge in [0.2, 0.25) is 0 Å². The van der Waals surface area contributed by atoms with Gasteiger partial charge in [-0.15, -0.1) is 0 Å². The lowest BCUT2D eigenvalue weighted by atomic mass is 10.1.